The van der Waals surface area contributed by atoms with E-state index in [-0.39, 0.29) is 0 Å². The molecule has 0 radical (unpaired) electrons. The molecule has 0 aliphatic heterocycles. The van der Waals surface area contributed by atoms with Gasteiger partial charge in [-0.2, -0.15) is 0 Å². The van der Waals surface area contributed by atoms with Crippen molar-refractivity contribution in [3.8, 4) is 5.75 Å². The maximum Gasteiger partial charge on any atom is 0.293 e. The molecule has 0 atom stereocenters. The van der Waals surface area contributed by atoms with Crippen molar-refractivity contribution in [2.75, 3.05) is 0 Å². The summed E-state index contributed by atoms with van der Waals surface area (Å²) in [6, 6.07) is 6.13. The van der Waals surface area contributed by atoms with Gasteiger partial charge < -0.3 is 9.84 Å². The largest absolute Gasteiger partial charge is 0.507 e. The van der Waals surface area contributed by atoms with E-state index in [1.165, 1.54) is 25.7 Å². The molecule has 1 aromatic carbocycles. The molecule has 0 aliphatic carbocycles. The highest BCUT2D eigenvalue weighted by atomic mass is 16.5. The molecule has 0 saturated carbocycles. The lowest BCUT2D eigenvalue weighted by Crippen LogP contribution is -2.23. The molecule has 3 heteroatoms. The van der Waals surface area contributed by atoms with Crippen LogP contribution in [0.5, 0.6) is 5.75 Å². The Hall–Kier alpha value is -1.51. The number of carbonyl (C=O) groups is 1. The van der Waals surface area contributed by atoms with Gasteiger partial charge in [0.15, 0.2) is 0 Å². The molecule has 1 aromatic rings. The molecule has 1 N–H and O–H groups in total. The number of rotatable bonds is 13. The number of unbranched alkanes of at least 4 members (excludes halogenated alkanes) is 4. The predicted octanol–water partition coefficient (Wildman–Crippen LogP) is 6.60. The van der Waals surface area contributed by atoms with Crippen LogP contribution >= 0.6 is 0 Å². The first-order valence-electron chi connectivity index (χ1n) is 10.6. The van der Waals surface area contributed by atoms with Crippen LogP contribution in [0.25, 0.3) is 0 Å². The van der Waals surface area contributed by atoms with Gasteiger partial charge in [0.25, 0.3) is 6.47 Å². The highest BCUT2D eigenvalue weighted by Gasteiger charge is 2.18. The van der Waals surface area contributed by atoms with E-state index in [0.717, 1.165) is 49.7 Å². The monoisotopic (exact) mass is 376 g/mol. The molecule has 3 nitrogen and oxygen atoms in total. The van der Waals surface area contributed by atoms with Gasteiger partial charge in [0.05, 0.1) is 0 Å². The Labute approximate surface area is 166 Å². The molecule has 0 spiro atoms. The molecule has 0 fully saturated rings. The lowest BCUT2D eigenvalue weighted by molar-refractivity contribution is -0.140. The predicted molar refractivity (Wildman–Crippen MR) is 113 cm³/mol. The van der Waals surface area contributed by atoms with Crippen LogP contribution in [-0.2, 0) is 22.4 Å². The number of aryl methyl sites for hydroxylation is 2. The highest BCUT2D eigenvalue weighted by molar-refractivity contribution is 5.40. The van der Waals surface area contributed by atoms with Crippen molar-refractivity contribution in [1.82, 2.24) is 0 Å². The number of hydrogen-bond acceptors (Lipinski definition) is 3. The van der Waals surface area contributed by atoms with Crippen molar-refractivity contribution in [1.29, 1.82) is 0 Å². The Morgan fingerprint density at radius 2 is 1.37 bits per heavy atom. The van der Waals surface area contributed by atoms with Crippen LogP contribution in [0.3, 0.4) is 0 Å². The summed E-state index contributed by atoms with van der Waals surface area (Å²) >= 11 is 0. The first kappa shape index (κ1) is 23.5. The minimum atomic E-state index is -0.404. The van der Waals surface area contributed by atoms with E-state index < -0.39 is 5.60 Å². The quantitative estimate of drug-likeness (QED) is 0.312. The minimum Gasteiger partial charge on any atom is -0.507 e. The van der Waals surface area contributed by atoms with Gasteiger partial charge in [-0.3, -0.25) is 4.79 Å². The van der Waals surface area contributed by atoms with Crippen LogP contribution in [0.4, 0.5) is 0 Å². The Morgan fingerprint density at radius 3 is 1.93 bits per heavy atom. The molecule has 0 bridgehead atoms. The molecule has 0 aromatic heterocycles. The second-order valence-corrected chi connectivity index (χ2v) is 9.58. The smallest absolute Gasteiger partial charge is 0.293 e. The van der Waals surface area contributed by atoms with Crippen molar-refractivity contribution < 1.29 is 14.6 Å². The standard InChI is InChI=1S/C24H40O3/c1-23(2,3)17-10-7-6-8-13-20-15-12-16-21(22(20)26)14-9-11-18-24(4,5)27-19-25/h12,15-16,19,26H,6-11,13-14,17-18H2,1-5H3. The SMILES string of the molecule is CC(C)(C)CCCCCCc1cccc(CCCCC(C)(C)OC=O)c1O. The van der Waals surface area contributed by atoms with Crippen LogP contribution in [-0.4, -0.2) is 17.2 Å². The summed E-state index contributed by atoms with van der Waals surface area (Å²) in [5.41, 5.74) is 2.14. The minimum absolute atomic E-state index is 0.404. The zero-order chi connectivity index (χ0) is 20.3. The van der Waals surface area contributed by atoms with Gasteiger partial charge in [-0.25, -0.2) is 0 Å². The third-order valence-corrected chi connectivity index (χ3v) is 5.17. The number of hydrogen-bond donors (Lipinski definition) is 1. The van der Waals surface area contributed by atoms with Crippen molar-refractivity contribution in [2.45, 2.75) is 104 Å². The van der Waals surface area contributed by atoms with Crippen molar-refractivity contribution in [2.24, 2.45) is 5.41 Å². The summed E-state index contributed by atoms with van der Waals surface area (Å²) in [5, 5.41) is 10.6. The Morgan fingerprint density at radius 1 is 0.852 bits per heavy atom. The summed E-state index contributed by atoms with van der Waals surface area (Å²) in [7, 11) is 0. The van der Waals surface area contributed by atoms with Gasteiger partial charge in [0, 0.05) is 0 Å². The van der Waals surface area contributed by atoms with E-state index in [1.54, 1.807) is 0 Å². The molecule has 0 amide bonds. The molecule has 0 saturated heterocycles. The highest BCUT2D eigenvalue weighted by Crippen LogP contribution is 2.27. The van der Waals surface area contributed by atoms with Crippen LogP contribution in [0, 0.1) is 5.41 Å². The van der Waals surface area contributed by atoms with Gasteiger partial charge in [-0.1, -0.05) is 58.2 Å². The second kappa shape index (κ2) is 11.4. The second-order valence-electron chi connectivity index (χ2n) is 9.58. The molecule has 0 unspecified atom stereocenters. The fourth-order valence-electron chi connectivity index (χ4n) is 3.43. The molecule has 27 heavy (non-hydrogen) atoms. The third kappa shape index (κ3) is 10.4. The molecular weight excluding hydrogens is 336 g/mol. The topological polar surface area (TPSA) is 46.5 Å². The van der Waals surface area contributed by atoms with Crippen LogP contribution < -0.4 is 0 Å². The summed E-state index contributed by atoms with van der Waals surface area (Å²) in [4.78, 5) is 10.5. The number of carbonyl (C=O) groups excluding carboxylic acids is 1. The van der Waals surface area contributed by atoms with Gasteiger partial charge in [0.1, 0.15) is 11.4 Å². The van der Waals surface area contributed by atoms with Gasteiger partial charge >= 0.3 is 0 Å². The fourth-order valence-corrected chi connectivity index (χ4v) is 3.43. The average Bonchev–Trinajstić information content (AvgIpc) is 2.56. The molecule has 0 aliphatic rings. The molecule has 154 valence electrons. The molecule has 0 heterocycles. The Kier molecular flexibility index (Phi) is 9.90. The summed E-state index contributed by atoms with van der Waals surface area (Å²) in [6.07, 6.45) is 10.8. The van der Waals surface area contributed by atoms with Crippen LogP contribution in [0.1, 0.15) is 97.1 Å². The Bertz CT molecular complexity index is 555. The maximum atomic E-state index is 10.6. The van der Waals surface area contributed by atoms with Gasteiger partial charge in [-0.15, -0.1) is 0 Å². The number of para-hydroxylation sites is 1. The van der Waals surface area contributed by atoms with E-state index >= 15 is 0 Å². The lowest BCUT2D eigenvalue weighted by atomic mass is 9.89. The average molecular weight is 377 g/mol. The van der Waals surface area contributed by atoms with Crippen LogP contribution in [0.15, 0.2) is 18.2 Å². The zero-order valence-corrected chi connectivity index (χ0v) is 18.1. The molecule has 1 rings (SSSR count). The van der Waals surface area contributed by atoms with Gasteiger partial charge in [0.2, 0.25) is 0 Å². The summed E-state index contributed by atoms with van der Waals surface area (Å²) < 4.78 is 5.09. The lowest BCUT2D eigenvalue weighted by Gasteiger charge is -2.22. The van der Waals surface area contributed by atoms with E-state index in [2.05, 4.69) is 32.9 Å². The molecular formula is C24H40O3. The zero-order valence-electron chi connectivity index (χ0n) is 18.1. The van der Waals surface area contributed by atoms with Crippen molar-refractivity contribution >= 4 is 6.47 Å². The number of ether oxygens (including phenoxy) is 1. The van der Waals surface area contributed by atoms with E-state index in [0.29, 0.717) is 17.6 Å². The van der Waals surface area contributed by atoms with E-state index in [9.17, 15) is 9.90 Å². The fraction of sp³-hybridized carbons (Fsp3) is 0.708. The van der Waals surface area contributed by atoms with Crippen molar-refractivity contribution in [3.05, 3.63) is 29.3 Å². The summed E-state index contributed by atoms with van der Waals surface area (Å²) in [6.45, 7) is 11.3. The van der Waals surface area contributed by atoms with Crippen molar-refractivity contribution in [3.63, 3.8) is 0 Å². The normalized spacial score (nSPS) is 12.2. The van der Waals surface area contributed by atoms with E-state index in [1.807, 2.05) is 19.9 Å². The first-order valence-corrected chi connectivity index (χ1v) is 10.6. The number of aromatic hydroxyl groups is 1. The maximum absolute atomic E-state index is 10.6. The number of phenolic OH excluding ortho intramolecular Hbond substituents is 1. The Balaban J connectivity index is 2.35. The van der Waals surface area contributed by atoms with Crippen LogP contribution in [0.2, 0.25) is 0 Å². The van der Waals surface area contributed by atoms with Gasteiger partial charge in [-0.05, 0) is 75.3 Å². The van der Waals surface area contributed by atoms with E-state index in [4.69, 9.17) is 4.74 Å². The number of phenols is 1. The summed E-state index contributed by atoms with van der Waals surface area (Å²) in [5.74, 6) is 0.482. The number of benzene rings is 1. The first-order chi connectivity index (χ1) is 12.6. The third-order valence-electron chi connectivity index (χ3n) is 5.17.